The normalized spacial score (nSPS) is 15.1. The number of nitrogens with zero attached hydrogens (tertiary/aromatic N) is 1. The van der Waals surface area contributed by atoms with Gasteiger partial charge >= 0.3 is 0 Å². The summed E-state index contributed by atoms with van der Waals surface area (Å²) in [6, 6.07) is 12.2. The first-order valence-electron chi connectivity index (χ1n) is 9.93. The van der Waals surface area contributed by atoms with Crippen LogP contribution in [0.25, 0.3) is 0 Å². The van der Waals surface area contributed by atoms with E-state index in [4.69, 9.17) is 4.74 Å². The molecule has 0 atom stereocenters. The standard InChI is InChI=1S/C21H26N2O6S2/c1-29-14-15-30(25,26)19-10-6-18(7-11-19)21(24)22-16-17-4-8-20(9-5-17)31(27,28)23-12-2-3-13-23/h4-11H,2-3,12-16H2,1H3,(H,22,24). The molecular formula is C21H26N2O6S2. The molecule has 1 heterocycles. The van der Waals surface area contributed by atoms with Crippen LogP contribution in [0.2, 0.25) is 0 Å². The predicted molar refractivity (Wildman–Crippen MR) is 116 cm³/mol. The Morgan fingerprint density at radius 2 is 1.52 bits per heavy atom. The summed E-state index contributed by atoms with van der Waals surface area (Å²) >= 11 is 0. The van der Waals surface area contributed by atoms with Crippen molar-refractivity contribution in [3.8, 4) is 0 Å². The number of amides is 1. The summed E-state index contributed by atoms with van der Waals surface area (Å²) in [5.41, 5.74) is 1.09. The van der Waals surface area contributed by atoms with Crippen molar-refractivity contribution in [1.29, 1.82) is 0 Å². The summed E-state index contributed by atoms with van der Waals surface area (Å²) in [5.74, 6) is -0.479. The predicted octanol–water partition coefficient (Wildman–Crippen LogP) is 1.82. The highest BCUT2D eigenvalue weighted by molar-refractivity contribution is 7.91. The third-order valence-corrected chi connectivity index (χ3v) is 8.72. The zero-order valence-corrected chi connectivity index (χ0v) is 18.9. The van der Waals surface area contributed by atoms with Gasteiger partial charge in [0.1, 0.15) is 0 Å². The molecule has 10 heteroatoms. The second-order valence-electron chi connectivity index (χ2n) is 7.27. The van der Waals surface area contributed by atoms with E-state index >= 15 is 0 Å². The van der Waals surface area contributed by atoms with Crippen LogP contribution >= 0.6 is 0 Å². The van der Waals surface area contributed by atoms with Crippen LogP contribution < -0.4 is 5.32 Å². The molecule has 2 aromatic carbocycles. The molecule has 1 aliphatic heterocycles. The lowest BCUT2D eigenvalue weighted by molar-refractivity contribution is 0.0950. The van der Waals surface area contributed by atoms with Gasteiger partial charge < -0.3 is 10.1 Å². The van der Waals surface area contributed by atoms with Gasteiger partial charge in [0.2, 0.25) is 10.0 Å². The van der Waals surface area contributed by atoms with E-state index in [1.54, 1.807) is 24.3 Å². The first-order valence-corrected chi connectivity index (χ1v) is 13.0. The van der Waals surface area contributed by atoms with Crippen molar-refractivity contribution in [2.45, 2.75) is 29.2 Å². The Bertz CT molecular complexity index is 1110. The number of carbonyl (C=O) groups excluding carboxylic acids is 1. The largest absolute Gasteiger partial charge is 0.384 e. The number of benzene rings is 2. The minimum atomic E-state index is -3.46. The van der Waals surface area contributed by atoms with Gasteiger partial charge in [-0.2, -0.15) is 4.31 Å². The Morgan fingerprint density at radius 1 is 0.935 bits per heavy atom. The number of hydrogen-bond acceptors (Lipinski definition) is 6. The van der Waals surface area contributed by atoms with Crippen molar-refractivity contribution in [2.24, 2.45) is 0 Å². The highest BCUT2D eigenvalue weighted by Gasteiger charge is 2.26. The maximum absolute atomic E-state index is 12.6. The van der Waals surface area contributed by atoms with Gasteiger partial charge in [0, 0.05) is 32.3 Å². The van der Waals surface area contributed by atoms with Crippen LogP contribution in [0.3, 0.4) is 0 Å². The van der Waals surface area contributed by atoms with E-state index in [2.05, 4.69) is 5.32 Å². The maximum atomic E-state index is 12.6. The molecule has 0 aliphatic carbocycles. The van der Waals surface area contributed by atoms with E-state index in [1.807, 2.05) is 0 Å². The Hall–Kier alpha value is -2.27. The summed E-state index contributed by atoms with van der Waals surface area (Å²) in [6.07, 6.45) is 1.76. The Morgan fingerprint density at radius 3 is 2.10 bits per heavy atom. The minimum absolute atomic E-state index is 0.0999. The molecule has 1 fully saturated rings. The number of carbonyl (C=O) groups is 1. The summed E-state index contributed by atoms with van der Waals surface area (Å²) in [7, 11) is -5.48. The van der Waals surface area contributed by atoms with E-state index in [1.165, 1.54) is 35.7 Å². The molecule has 8 nitrogen and oxygen atoms in total. The fourth-order valence-electron chi connectivity index (χ4n) is 3.27. The van der Waals surface area contributed by atoms with Gasteiger partial charge in [-0.15, -0.1) is 0 Å². The molecule has 1 saturated heterocycles. The molecule has 31 heavy (non-hydrogen) atoms. The molecule has 0 aromatic heterocycles. The lowest BCUT2D eigenvalue weighted by Gasteiger charge is -2.15. The number of sulfonamides is 1. The Kier molecular flexibility index (Phi) is 7.47. The molecule has 0 radical (unpaired) electrons. The summed E-state index contributed by atoms with van der Waals surface area (Å²) in [5, 5.41) is 2.75. The lowest BCUT2D eigenvalue weighted by Crippen LogP contribution is -2.28. The van der Waals surface area contributed by atoms with Crippen LogP contribution in [0.5, 0.6) is 0 Å². The molecule has 0 spiro atoms. The van der Waals surface area contributed by atoms with Crippen molar-refractivity contribution < 1.29 is 26.4 Å². The number of hydrogen-bond donors (Lipinski definition) is 1. The fraction of sp³-hybridized carbons (Fsp3) is 0.381. The molecule has 1 amide bonds. The molecule has 1 N–H and O–H groups in total. The van der Waals surface area contributed by atoms with Crippen molar-refractivity contribution in [3.05, 3.63) is 59.7 Å². The zero-order chi connectivity index (χ0) is 22.5. The minimum Gasteiger partial charge on any atom is -0.384 e. The molecule has 0 saturated carbocycles. The van der Waals surface area contributed by atoms with Gasteiger partial charge in [0.25, 0.3) is 5.91 Å². The fourth-order valence-corrected chi connectivity index (χ4v) is 5.96. The number of sulfone groups is 1. The lowest BCUT2D eigenvalue weighted by atomic mass is 10.2. The third kappa shape index (κ3) is 5.70. The Balaban J connectivity index is 1.59. The van der Waals surface area contributed by atoms with E-state index in [-0.39, 0.29) is 34.6 Å². The summed E-state index contributed by atoms with van der Waals surface area (Å²) < 4.78 is 55.7. The second-order valence-corrected chi connectivity index (χ2v) is 11.3. The van der Waals surface area contributed by atoms with Crippen LogP contribution in [0.1, 0.15) is 28.8 Å². The van der Waals surface area contributed by atoms with Crippen LogP contribution in [-0.2, 0) is 31.1 Å². The first kappa shape index (κ1) is 23.4. The van der Waals surface area contributed by atoms with Crippen LogP contribution in [0.15, 0.2) is 58.3 Å². The molecule has 3 rings (SSSR count). The van der Waals surface area contributed by atoms with Gasteiger partial charge in [-0.25, -0.2) is 16.8 Å². The first-order chi connectivity index (χ1) is 14.7. The number of rotatable bonds is 9. The second kappa shape index (κ2) is 9.90. The van der Waals surface area contributed by atoms with Crippen LogP contribution in [0, 0.1) is 0 Å². The molecule has 2 aromatic rings. The Labute approximate surface area is 183 Å². The molecular weight excluding hydrogens is 440 g/mol. The molecule has 168 valence electrons. The SMILES string of the molecule is COCCS(=O)(=O)c1ccc(C(=O)NCc2ccc(S(=O)(=O)N3CCCC3)cc2)cc1. The number of ether oxygens (including phenoxy) is 1. The van der Waals surface area contributed by atoms with E-state index in [0.717, 1.165) is 18.4 Å². The van der Waals surface area contributed by atoms with Crippen molar-refractivity contribution in [2.75, 3.05) is 32.6 Å². The molecule has 0 unspecified atom stereocenters. The highest BCUT2D eigenvalue weighted by atomic mass is 32.2. The van der Waals surface area contributed by atoms with Gasteiger partial charge in [-0.3, -0.25) is 4.79 Å². The van der Waals surface area contributed by atoms with E-state index in [9.17, 15) is 21.6 Å². The number of nitrogens with one attached hydrogen (secondary N) is 1. The van der Waals surface area contributed by atoms with Gasteiger partial charge in [-0.05, 0) is 54.8 Å². The van der Waals surface area contributed by atoms with E-state index in [0.29, 0.717) is 18.7 Å². The maximum Gasteiger partial charge on any atom is 0.251 e. The number of methoxy groups -OCH3 is 1. The zero-order valence-electron chi connectivity index (χ0n) is 17.3. The van der Waals surface area contributed by atoms with Crippen LogP contribution in [0.4, 0.5) is 0 Å². The van der Waals surface area contributed by atoms with E-state index < -0.39 is 19.9 Å². The van der Waals surface area contributed by atoms with Gasteiger partial charge in [-0.1, -0.05) is 12.1 Å². The van der Waals surface area contributed by atoms with Crippen molar-refractivity contribution >= 4 is 25.8 Å². The summed E-state index contributed by atoms with van der Waals surface area (Å²) in [4.78, 5) is 12.7. The monoisotopic (exact) mass is 466 g/mol. The highest BCUT2D eigenvalue weighted by Crippen LogP contribution is 2.21. The average Bonchev–Trinajstić information content (AvgIpc) is 3.32. The van der Waals surface area contributed by atoms with Gasteiger partial charge in [0.15, 0.2) is 9.84 Å². The van der Waals surface area contributed by atoms with Gasteiger partial charge in [0.05, 0.1) is 22.2 Å². The third-order valence-electron chi connectivity index (χ3n) is 5.11. The molecule has 1 aliphatic rings. The topological polar surface area (TPSA) is 110 Å². The average molecular weight is 467 g/mol. The van der Waals surface area contributed by atoms with Crippen LogP contribution in [-0.4, -0.2) is 59.6 Å². The smallest absolute Gasteiger partial charge is 0.251 e. The summed E-state index contributed by atoms with van der Waals surface area (Å²) in [6.45, 7) is 1.42. The van der Waals surface area contributed by atoms with Crippen molar-refractivity contribution in [1.82, 2.24) is 9.62 Å². The molecule has 0 bridgehead atoms. The quantitative estimate of drug-likeness (QED) is 0.604. The van der Waals surface area contributed by atoms with Crippen molar-refractivity contribution in [3.63, 3.8) is 0 Å².